The Morgan fingerprint density at radius 3 is 2.62 bits per heavy atom. The minimum absolute atomic E-state index is 0.0456. The maximum atomic E-state index is 12.0. The van der Waals surface area contributed by atoms with Crippen LogP contribution in [0.2, 0.25) is 0 Å². The Bertz CT molecular complexity index is 319. The highest BCUT2D eigenvalue weighted by molar-refractivity contribution is 6.07. The summed E-state index contributed by atoms with van der Waals surface area (Å²) >= 11 is 0. The summed E-state index contributed by atoms with van der Waals surface area (Å²) in [5, 5.41) is 0. The van der Waals surface area contributed by atoms with E-state index in [1.807, 2.05) is 0 Å². The standard InChI is InChI=1S/C13H18O3/c1-4-7-8-11(14)13(9-10(13)5-2)12(15)16-6-3/h4-5,10H,1-2,6-9H2,3H3. The summed E-state index contributed by atoms with van der Waals surface area (Å²) < 4.78 is 4.97. The minimum Gasteiger partial charge on any atom is -0.465 e. The molecule has 0 amide bonds. The number of Topliss-reactive ketones (excluding diaryl/α,β-unsaturated/α-hetero) is 1. The number of carbonyl (C=O) groups is 2. The van der Waals surface area contributed by atoms with Crippen LogP contribution in [0.25, 0.3) is 0 Å². The van der Waals surface area contributed by atoms with Gasteiger partial charge in [-0.15, -0.1) is 13.2 Å². The third-order valence-electron chi connectivity index (χ3n) is 3.01. The van der Waals surface area contributed by atoms with Crippen LogP contribution in [0.4, 0.5) is 0 Å². The zero-order chi connectivity index (χ0) is 12.2. The molecule has 16 heavy (non-hydrogen) atoms. The Labute approximate surface area is 96.2 Å². The van der Waals surface area contributed by atoms with Crippen molar-refractivity contribution in [3.8, 4) is 0 Å². The Morgan fingerprint density at radius 2 is 2.19 bits per heavy atom. The van der Waals surface area contributed by atoms with Gasteiger partial charge >= 0.3 is 5.97 Å². The van der Waals surface area contributed by atoms with Crippen LogP contribution in [0.3, 0.4) is 0 Å². The molecule has 1 aliphatic carbocycles. The SMILES string of the molecule is C=CCCC(=O)C1(C(=O)OCC)CC1C=C. The van der Waals surface area contributed by atoms with Crippen molar-refractivity contribution in [2.24, 2.45) is 11.3 Å². The van der Waals surface area contributed by atoms with Gasteiger partial charge in [-0.3, -0.25) is 9.59 Å². The van der Waals surface area contributed by atoms with E-state index in [0.29, 0.717) is 25.9 Å². The molecule has 1 saturated carbocycles. The summed E-state index contributed by atoms with van der Waals surface area (Å²) in [7, 11) is 0. The lowest BCUT2D eigenvalue weighted by Gasteiger charge is -2.13. The Kier molecular flexibility index (Phi) is 4.05. The molecule has 0 spiro atoms. The number of rotatable bonds is 7. The molecule has 0 radical (unpaired) electrons. The first kappa shape index (κ1) is 12.7. The second kappa shape index (κ2) is 5.10. The van der Waals surface area contributed by atoms with Crippen LogP contribution in [0.1, 0.15) is 26.2 Å². The first-order valence-electron chi connectivity index (χ1n) is 5.57. The van der Waals surface area contributed by atoms with Gasteiger partial charge in [0.15, 0.2) is 5.78 Å². The molecule has 3 heteroatoms. The van der Waals surface area contributed by atoms with E-state index in [1.54, 1.807) is 19.1 Å². The van der Waals surface area contributed by atoms with Crippen molar-refractivity contribution < 1.29 is 14.3 Å². The summed E-state index contributed by atoms with van der Waals surface area (Å²) in [4.78, 5) is 23.8. The molecular formula is C13H18O3. The van der Waals surface area contributed by atoms with Crippen molar-refractivity contribution >= 4 is 11.8 Å². The zero-order valence-corrected chi connectivity index (χ0v) is 9.70. The number of esters is 1. The van der Waals surface area contributed by atoms with Crippen LogP contribution in [0.5, 0.6) is 0 Å². The number of hydrogen-bond donors (Lipinski definition) is 0. The van der Waals surface area contributed by atoms with Crippen molar-refractivity contribution in [2.75, 3.05) is 6.61 Å². The lowest BCUT2D eigenvalue weighted by molar-refractivity contribution is -0.154. The molecule has 0 aromatic heterocycles. The van der Waals surface area contributed by atoms with Crippen molar-refractivity contribution in [2.45, 2.75) is 26.2 Å². The smallest absolute Gasteiger partial charge is 0.320 e. The Balaban J connectivity index is 2.74. The van der Waals surface area contributed by atoms with Gasteiger partial charge in [-0.05, 0) is 19.8 Å². The van der Waals surface area contributed by atoms with Crippen molar-refractivity contribution in [1.29, 1.82) is 0 Å². The molecule has 0 saturated heterocycles. The molecule has 0 N–H and O–H groups in total. The predicted molar refractivity (Wildman–Crippen MR) is 61.8 cm³/mol. The van der Waals surface area contributed by atoms with E-state index < -0.39 is 11.4 Å². The number of carbonyl (C=O) groups excluding carboxylic acids is 2. The summed E-state index contributed by atoms with van der Waals surface area (Å²) in [6.07, 6.45) is 4.85. The van der Waals surface area contributed by atoms with Gasteiger partial charge in [0, 0.05) is 12.3 Å². The summed E-state index contributed by atoms with van der Waals surface area (Å²) in [5.74, 6) is -0.492. The number of allylic oxidation sites excluding steroid dienone is 2. The maximum absolute atomic E-state index is 12.0. The fourth-order valence-corrected chi connectivity index (χ4v) is 1.96. The highest BCUT2D eigenvalue weighted by Crippen LogP contribution is 2.55. The quantitative estimate of drug-likeness (QED) is 0.377. The molecule has 0 aromatic rings. The van der Waals surface area contributed by atoms with Crippen molar-refractivity contribution in [3.05, 3.63) is 25.3 Å². The Hall–Kier alpha value is -1.38. The summed E-state index contributed by atoms with van der Waals surface area (Å²) in [6, 6.07) is 0. The van der Waals surface area contributed by atoms with Gasteiger partial charge in [0.05, 0.1) is 6.61 Å². The predicted octanol–water partition coefficient (Wildman–Crippen LogP) is 2.28. The third-order valence-corrected chi connectivity index (χ3v) is 3.01. The molecule has 1 aliphatic rings. The van der Waals surface area contributed by atoms with Crippen LogP contribution in [-0.4, -0.2) is 18.4 Å². The van der Waals surface area contributed by atoms with Crippen molar-refractivity contribution in [3.63, 3.8) is 0 Å². The molecule has 0 bridgehead atoms. The van der Waals surface area contributed by atoms with Gasteiger partial charge < -0.3 is 4.74 Å². The lowest BCUT2D eigenvalue weighted by Crippen LogP contribution is -2.29. The molecule has 1 fully saturated rings. The van der Waals surface area contributed by atoms with Gasteiger partial charge in [0.1, 0.15) is 5.41 Å². The van der Waals surface area contributed by atoms with E-state index in [-0.39, 0.29) is 11.7 Å². The van der Waals surface area contributed by atoms with Crippen LogP contribution >= 0.6 is 0 Å². The molecule has 88 valence electrons. The first-order chi connectivity index (χ1) is 7.63. The van der Waals surface area contributed by atoms with Crippen molar-refractivity contribution in [1.82, 2.24) is 0 Å². The summed E-state index contributed by atoms with van der Waals surface area (Å²) in [6.45, 7) is 9.26. The van der Waals surface area contributed by atoms with E-state index in [1.165, 1.54) is 0 Å². The second-order valence-corrected chi connectivity index (χ2v) is 3.99. The molecule has 3 nitrogen and oxygen atoms in total. The first-order valence-corrected chi connectivity index (χ1v) is 5.57. The molecule has 2 atom stereocenters. The summed E-state index contributed by atoms with van der Waals surface area (Å²) in [5.41, 5.74) is -0.930. The van der Waals surface area contributed by atoms with Gasteiger partial charge in [-0.1, -0.05) is 12.2 Å². The maximum Gasteiger partial charge on any atom is 0.320 e. The number of ether oxygens (including phenoxy) is 1. The molecule has 0 heterocycles. The zero-order valence-electron chi connectivity index (χ0n) is 9.70. The third kappa shape index (κ3) is 2.08. The minimum atomic E-state index is -0.930. The fourth-order valence-electron chi connectivity index (χ4n) is 1.96. The average Bonchev–Trinajstić information content (AvgIpc) is 3.02. The molecule has 2 unspecified atom stereocenters. The van der Waals surface area contributed by atoms with E-state index in [9.17, 15) is 9.59 Å². The van der Waals surface area contributed by atoms with Gasteiger partial charge in [0.25, 0.3) is 0 Å². The highest BCUT2D eigenvalue weighted by atomic mass is 16.5. The van der Waals surface area contributed by atoms with E-state index in [0.717, 1.165) is 0 Å². The fraction of sp³-hybridized carbons (Fsp3) is 0.538. The van der Waals surface area contributed by atoms with E-state index in [2.05, 4.69) is 13.2 Å². The highest BCUT2D eigenvalue weighted by Gasteiger charge is 2.64. The topological polar surface area (TPSA) is 43.4 Å². The molecular weight excluding hydrogens is 204 g/mol. The Morgan fingerprint density at radius 1 is 1.50 bits per heavy atom. The van der Waals surface area contributed by atoms with Crippen LogP contribution in [0.15, 0.2) is 25.3 Å². The number of ketones is 1. The molecule has 1 rings (SSSR count). The second-order valence-electron chi connectivity index (χ2n) is 3.99. The molecule has 0 aliphatic heterocycles. The van der Waals surface area contributed by atoms with Gasteiger partial charge in [-0.25, -0.2) is 0 Å². The lowest BCUT2D eigenvalue weighted by atomic mass is 9.94. The van der Waals surface area contributed by atoms with E-state index in [4.69, 9.17) is 4.74 Å². The van der Waals surface area contributed by atoms with Crippen LogP contribution in [0, 0.1) is 11.3 Å². The van der Waals surface area contributed by atoms with E-state index >= 15 is 0 Å². The molecule has 0 aromatic carbocycles. The monoisotopic (exact) mass is 222 g/mol. The normalized spacial score (nSPS) is 26.9. The van der Waals surface area contributed by atoms with Crippen LogP contribution < -0.4 is 0 Å². The van der Waals surface area contributed by atoms with Crippen LogP contribution in [-0.2, 0) is 14.3 Å². The average molecular weight is 222 g/mol. The number of hydrogen-bond acceptors (Lipinski definition) is 3. The largest absolute Gasteiger partial charge is 0.465 e. The van der Waals surface area contributed by atoms with Gasteiger partial charge in [-0.2, -0.15) is 0 Å². The van der Waals surface area contributed by atoms with Gasteiger partial charge in [0.2, 0.25) is 0 Å².